The highest BCUT2D eigenvalue weighted by Gasteiger charge is 2.60. The average Bonchev–Trinajstić information content (AvgIpc) is 2.32. The molecule has 4 aliphatic carbocycles. The highest BCUT2D eigenvalue weighted by Crippen LogP contribution is 2.70. The lowest BCUT2D eigenvalue weighted by Crippen LogP contribution is -2.56. The minimum absolute atomic E-state index is 0.417. The molecule has 0 amide bonds. The highest BCUT2D eigenvalue weighted by atomic mass is 15.2. The number of hydrogen-bond acceptors (Lipinski definition) is 2. The summed E-state index contributed by atoms with van der Waals surface area (Å²) < 4.78 is 0. The van der Waals surface area contributed by atoms with Crippen LogP contribution in [0.2, 0.25) is 0 Å². The molecule has 4 rings (SSSR count). The number of nitrogens with two attached hydrogens (primary N) is 1. The first kappa shape index (κ1) is 15.6. The van der Waals surface area contributed by atoms with Crippen molar-refractivity contribution in [3.05, 3.63) is 12.2 Å². The monoisotopic (exact) mass is 290 g/mol. The molecular formula is C19H34N2. The Hall–Kier alpha value is -0.340. The summed E-state index contributed by atoms with van der Waals surface area (Å²) in [6.07, 6.45) is 12.1. The van der Waals surface area contributed by atoms with Crippen LogP contribution >= 0.6 is 0 Å². The maximum atomic E-state index is 5.88. The summed E-state index contributed by atoms with van der Waals surface area (Å²) in [5.74, 6) is 6.86. The molecule has 4 fully saturated rings. The number of rotatable bonds is 6. The Morgan fingerprint density at radius 3 is 2.29 bits per heavy atom. The van der Waals surface area contributed by atoms with Crippen LogP contribution in [0, 0.1) is 22.2 Å². The Balaban J connectivity index is 1.76. The number of nitrogens with one attached hydrogen (secondary N) is 1. The molecular weight excluding hydrogens is 256 g/mol. The lowest BCUT2D eigenvalue weighted by atomic mass is 9.39. The SMILES string of the molecule is C=C(CC)CC(CC12CC3CC(C)(CC(C)(C3)C1)C2)NN. The van der Waals surface area contributed by atoms with Crippen LogP contribution in [0.15, 0.2) is 12.2 Å². The predicted molar refractivity (Wildman–Crippen MR) is 89.6 cm³/mol. The Kier molecular flexibility index (Phi) is 3.77. The third-order valence-electron chi connectivity index (χ3n) is 6.69. The summed E-state index contributed by atoms with van der Waals surface area (Å²) in [4.78, 5) is 0. The Bertz CT molecular complexity index is 409. The first-order chi connectivity index (χ1) is 9.79. The molecule has 0 aromatic carbocycles. The second kappa shape index (κ2) is 5.09. The smallest absolute Gasteiger partial charge is 0.0252 e. The largest absolute Gasteiger partial charge is 0.271 e. The van der Waals surface area contributed by atoms with Gasteiger partial charge in [0.05, 0.1) is 0 Å². The summed E-state index contributed by atoms with van der Waals surface area (Å²) in [6.45, 7) is 11.5. The van der Waals surface area contributed by atoms with Gasteiger partial charge in [-0.1, -0.05) is 32.9 Å². The van der Waals surface area contributed by atoms with Crippen LogP contribution < -0.4 is 11.3 Å². The second-order valence-electron chi connectivity index (χ2n) is 9.51. The van der Waals surface area contributed by atoms with Gasteiger partial charge >= 0.3 is 0 Å². The van der Waals surface area contributed by atoms with Crippen LogP contribution in [0.4, 0.5) is 0 Å². The van der Waals surface area contributed by atoms with Gasteiger partial charge in [-0.3, -0.25) is 11.3 Å². The maximum absolute atomic E-state index is 5.88. The molecule has 2 heteroatoms. The van der Waals surface area contributed by atoms with Crippen molar-refractivity contribution in [2.24, 2.45) is 28.0 Å². The topological polar surface area (TPSA) is 38.0 Å². The van der Waals surface area contributed by atoms with Crippen LogP contribution in [0.25, 0.3) is 0 Å². The summed E-state index contributed by atoms with van der Waals surface area (Å²) >= 11 is 0. The van der Waals surface area contributed by atoms with E-state index in [-0.39, 0.29) is 0 Å². The summed E-state index contributed by atoms with van der Waals surface area (Å²) in [6, 6.07) is 0.417. The molecule has 0 heterocycles. The molecule has 0 radical (unpaired) electrons. The van der Waals surface area contributed by atoms with E-state index in [0.717, 1.165) is 18.8 Å². The van der Waals surface area contributed by atoms with Crippen molar-refractivity contribution in [3.63, 3.8) is 0 Å². The fourth-order valence-corrected chi connectivity index (χ4v) is 7.12. The second-order valence-corrected chi connectivity index (χ2v) is 9.51. The first-order valence-corrected chi connectivity index (χ1v) is 8.92. The summed E-state index contributed by atoms with van der Waals surface area (Å²) in [7, 11) is 0. The van der Waals surface area contributed by atoms with Crippen molar-refractivity contribution in [2.45, 2.75) is 84.6 Å². The zero-order valence-electron chi connectivity index (χ0n) is 14.3. The number of hydrogen-bond donors (Lipinski definition) is 2. The molecule has 0 spiro atoms. The van der Waals surface area contributed by atoms with Gasteiger partial charge in [-0.25, -0.2) is 0 Å². The summed E-state index contributed by atoms with van der Waals surface area (Å²) in [5.41, 5.74) is 6.20. The van der Waals surface area contributed by atoms with Crippen molar-refractivity contribution in [1.29, 1.82) is 0 Å². The molecule has 3 N–H and O–H groups in total. The minimum Gasteiger partial charge on any atom is -0.271 e. The van der Waals surface area contributed by atoms with Crippen molar-refractivity contribution in [1.82, 2.24) is 5.43 Å². The van der Waals surface area contributed by atoms with Crippen LogP contribution in [-0.4, -0.2) is 6.04 Å². The quantitative estimate of drug-likeness (QED) is 0.427. The van der Waals surface area contributed by atoms with Crippen LogP contribution in [0.1, 0.15) is 78.6 Å². The molecule has 2 nitrogen and oxygen atoms in total. The minimum atomic E-state index is 0.417. The molecule has 4 bridgehead atoms. The van der Waals surface area contributed by atoms with E-state index in [0.29, 0.717) is 22.3 Å². The Labute approximate surface area is 130 Å². The molecule has 4 aliphatic rings. The van der Waals surface area contributed by atoms with E-state index in [1.54, 1.807) is 0 Å². The van der Waals surface area contributed by atoms with Gasteiger partial charge in [-0.05, 0) is 80.0 Å². The lowest BCUT2D eigenvalue weighted by molar-refractivity contribution is -0.150. The molecule has 21 heavy (non-hydrogen) atoms. The zero-order chi connectivity index (χ0) is 15.3. The van der Waals surface area contributed by atoms with Gasteiger partial charge in [-0.2, -0.15) is 0 Å². The Morgan fingerprint density at radius 1 is 1.19 bits per heavy atom. The van der Waals surface area contributed by atoms with Crippen molar-refractivity contribution in [2.75, 3.05) is 0 Å². The van der Waals surface area contributed by atoms with Gasteiger partial charge in [0.2, 0.25) is 0 Å². The van der Waals surface area contributed by atoms with Crippen molar-refractivity contribution in [3.8, 4) is 0 Å². The number of hydrazine groups is 1. The molecule has 3 atom stereocenters. The normalized spacial score (nSPS) is 45.8. The van der Waals surface area contributed by atoms with Crippen LogP contribution in [-0.2, 0) is 0 Å². The van der Waals surface area contributed by atoms with Crippen molar-refractivity contribution >= 4 is 0 Å². The van der Waals surface area contributed by atoms with E-state index in [2.05, 4.69) is 32.8 Å². The Morgan fingerprint density at radius 2 is 1.81 bits per heavy atom. The van der Waals surface area contributed by atoms with E-state index >= 15 is 0 Å². The van der Waals surface area contributed by atoms with E-state index in [9.17, 15) is 0 Å². The maximum Gasteiger partial charge on any atom is 0.0252 e. The lowest BCUT2D eigenvalue weighted by Gasteiger charge is -2.66. The summed E-state index contributed by atoms with van der Waals surface area (Å²) in [5, 5.41) is 0. The van der Waals surface area contributed by atoms with Crippen LogP contribution in [0.5, 0.6) is 0 Å². The molecule has 120 valence electrons. The van der Waals surface area contributed by atoms with Crippen molar-refractivity contribution < 1.29 is 0 Å². The van der Waals surface area contributed by atoms with Gasteiger partial charge in [0, 0.05) is 6.04 Å². The standard InChI is InChI=1S/C19H34N2/c1-5-14(2)6-16(21-20)10-19-9-15-7-17(3,12-19)11-18(4,8-15)13-19/h15-16,21H,2,5-13,20H2,1,3-4H3. The van der Waals surface area contributed by atoms with Gasteiger partial charge in [0.25, 0.3) is 0 Å². The van der Waals surface area contributed by atoms with E-state index in [4.69, 9.17) is 5.84 Å². The highest BCUT2D eigenvalue weighted by molar-refractivity contribution is 5.11. The van der Waals surface area contributed by atoms with Gasteiger partial charge < -0.3 is 0 Å². The molecule has 0 aromatic heterocycles. The average molecular weight is 290 g/mol. The third-order valence-corrected chi connectivity index (χ3v) is 6.69. The van der Waals surface area contributed by atoms with Gasteiger partial charge in [0.15, 0.2) is 0 Å². The van der Waals surface area contributed by atoms with Crippen LogP contribution in [0.3, 0.4) is 0 Å². The molecule has 0 aromatic rings. The fraction of sp³-hybridized carbons (Fsp3) is 0.895. The predicted octanol–water partition coefficient (Wildman–Crippen LogP) is 4.56. The molecule has 0 aliphatic heterocycles. The zero-order valence-corrected chi connectivity index (χ0v) is 14.3. The third kappa shape index (κ3) is 2.94. The van der Waals surface area contributed by atoms with E-state index in [1.807, 2.05) is 0 Å². The first-order valence-electron chi connectivity index (χ1n) is 8.92. The molecule has 3 unspecified atom stereocenters. The van der Waals surface area contributed by atoms with E-state index in [1.165, 1.54) is 50.5 Å². The molecule has 0 saturated heterocycles. The van der Waals surface area contributed by atoms with Gasteiger partial charge in [0.1, 0.15) is 0 Å². The molecule has 4 saturated carbocycles. The van der Waals surface area contributed by atoms with E-state index < -0.39 is 0 Å². The fourth-order valence-electron chi connectivity index (χ4n) is 7.12. The van der Waals surface area contributed by atoms with Gasteiger partial charge in [-0.15, -0.1) is 0 Å².